The summed E-state index contributed by atoms with van der Waals surface area (Å²) < 4.78 is 0. The van der Waals surface area contributed by atoms with Gasteiger partial charge < -0.3 is 10.8 Å². The van der Waals surface area contributed by atoms with Crippen molar-refractivity contribution in [1.82, 2.24) is 4.90 Å². The van der Waals surface area contributed by atoms with Crippen LogP contribution in [0, 0.1) is 5.92 Å². The van der Waals surface area contributed by atoms with Gasteiger partial charge in [0.25, 0.3) is 5.91 Å². The summed E-state index contributed by atoms with van der Waals surface area (Å²) in [5, 5.41) is 9.54. The van der Waals surface area contributed by atoms with Crippen molar-refractivity contribution >= 4 is 11.9 Å². The lowest BCUT2D eigenvalue weighted by Crippen LogP contribution is -2.45. The molecule has 0 spiro atoms. The van der Waals surface area contributed by atoms with Crippen molar-refractivity contribution in [2.75, 3.05) is 13.7 Å². The number of aliphatic imine (C=N–C) groups is 1. The van der Waals surface area contributed by atoms with Crippen LogP contribution in [0.4, 0.5) is 0 Å². The van der Waals surface area contributed by atoms with Crippen molar-refractivity contribution in [3.63, 3.8) is 0 Å². The van der Waals surface area contributed by atoms with Gasteiger partial charge in [-0.3, -0.25) is 9.69 Å². The second-order valence-corrected chi connectivity index (χ2v) is 6.23. The van der Waals surface area contributed by atoms with E-state index in [1.165, 1.54) is 37.0 Å². The Morgan fingerprint density at radius 1 is 1.29 bits per heavy atom. The van der Waals surface area contributed by atoms with Crippen LogP contribution in [0.1, 0.15) is 65.2 Å². The number of likely N-dealkylation sites (N-methyl/N-ethyl adjacent to an activating group) is 1. The molecule has 3 N–H and O–H groups in total. The summed E-state index contributed by atoms with van der Waals surface area (Å²) >= 11 is 0. The van der Waals surface area contributed by atoms with Crippen LogP contribution >= 0.6 is 0 Å². The number of hydrogen-bond acceptors (Lipinski definition) is 4. The van der Waals surface area contributed by atoms with Crippen molar-refractivity contribution in [3.8, 4) is 0 Å². The minimum absolute atomic E-state index is 0.164. The van der Waals surface area contributed by atoms with E-state index in [-0.39, 0.29) is 18.5 Å². The molecule has 0 aromatic rings. The van der Waals surface area contributed by atoms with E-state index >= 15 is 0 Å². The number of nitrogens with two attached hydrogens (primary N) is 1. The Morgan fingerprint density at radius 3 is 2.24 bits per heavy atom. The van der Waals surface area contributed by atoms with Crippen LogP contribution in [0.25, 0.3) is 0 Å². The number of carbonyl (C=O) groups is 1. The molecule has 122 valence electrons. The lowest BCUT2D eigenvalue weighted by atomic mass is 9.79. The Hall–Kier alpha value is -1.10. The molecule has 21 heavy (non-hydrogen) atoms. The first-order valence-corrected chi connectivity index (χ1v) is 8.25. The smallest absolute Gasteiger partial charge is 0.259 e. The lowest BCUT2D eigenvalue weighted by Gasteiger charge is -2.29. The van der Waals surface area contributed by atoms with Gasteiger partial charge in [0.15, 0.2) is 11.5 Å². The summed E-state index contributed by atoms with van der Waals surface area (Å²) in [5.74, 6) is 0.547. The molecule has 1 aliphatic carbocycles. The number of aliphatic hydroxyl groups excluding tert-OH is 1. The first-order chi connectivity index (χ1) is 10.0. The van der Waals surface area contributed by atoms with E-state index in [0.717, 1.165) is 12.8 Å². The molecule has 1 amide bonds. The Bertz CT molecular complexity index is 363. The molecule has 0 saturated heterocycles. The van der Waals surface area contributed by atoms with Gasteiger partial charge in [0, 0.05) is 7.05 Å². The fourth-order valence-corrected chi connectivity index (χ4v) is 2.93. The second kappa shape index (κ2) is 8.37. The zero-order valence-electron chi connectivity index (χ0n) is 13.8. The standard InChI is InChI=1S/C12H21N3O2.C4H10/c1-15-10(17)12(8-16,14-11(15)13)7-9-5-3-2-4-6-9;1-3-4-2/h9,16H,2-8H2,1H3,(H2,13,14);3-4H2,1-2H3. The van der Waals surface area contributed by atoms with Crippen LogP contribution < -0.4 is 5.73 Å². The summed E-state index contributed by atoms with van der Waals surface area (Å²) in [6, 6.07) is 0. The molecule has 5 nitrogen and oxygen atoms in total. The number of nitrogens with zero attached hydrogens (tertiary/aromatic N) is 2. The maximum Gasteiger partial charge on any atom is 0.259 e. The average Bonchev–Trinajstić information content (AvgIpc) is 2.73. The third-order valence-corrected chi connectivity index (χ3v) is 4.49. The molecule has 0 aromatic carbocycles. The van der Waals surface area contributed by atoms with Gasteiger partial charge >= 0.3 is 0 Å². The van der Waals surface area contributed by atoms with Crippen LogP contribution in [-0.2, 0) is 4.79 Å². The van der Waals surface area contributed by atoms with Crippen molar-refractivity contribution in [2.45, 2.75) is 70.8 Å². The SMILES string of the molecule is CCCC.CN1C(=O)C(CO)(CC2CCCCC2)N=C1N. The number of guanidine groups is 1. The Kier molecular flexibility index (Phi) is 7.15. The van der Waals surface area contributed by atoms with Crippen LogP contribution in [0.3, 0.4) is 0 Å². The van der Waals surface area contributed by atoms with Gasteiger partial charge in [-0.05, 0) is 12.3 Å². The number of amides is 1. The average molecular weight is 297 g/mol. The van der Waals surface area contributed by atoms with Crippen molar-refractivity contribution in [3.05, 3.63) is 0 Å². The van der Waals surface area contributed by atoms with E-state index in [1.807, 2.05) is 0 Å². The molecule has 5 heteroatoms. The summed E-state index contributed by atoms with van der Waals surface area (Å²) in [5.41, 5.74) is 4.67. The molecule has 0 radical (unpaired) electrons. The molecule has 2 aliphatic rings. The Morgan fingerprint density at radius 2 is 1.86 bits per heavy atom. The number of unbranched alkanes of at least 4 members (excludes halogenated alkanes) is 1. The molecule has 1 aliphatic heterocycles. The number of aliphatic hydroxyl groups is 1. The van der Waals surface area contributed by atoms with E-state index < -0.39 is 5.54 Å². The van der Waals surface area contributed by atoms with E-state index in [9.17, 15) is 9.90 Å². The van der Waals surface area contributed by atoms with Gasteiger partial charge in [-0.2, -0.15) is 0 Å². The van der Waals surface area contributed by atoms with Gasteiger partial charge in [0.1, 0.15) is 0 Å². The quantitative estimate of drug-likeness (QED) is 0.835. The van der Waals surface area contributed by atoms with Crippen LogP contribution in [-0.4, -0.2) is 41.1 Å². The summed E-state index contributed by atoms with van der Waals surface area (Å²) in [4.78, 5) is 17.7. The van der Waals surface area contributed by atoms with Crippen molar-refractivity contribution in [2.24, 2.45) is 16.6 Å². The largest absolute Gasteiger partial charge is 0.393 e. The highest BCUT2D eigenvalue weighted by Gasteiger charge is 2.47. The van der Waals surface area contributed by atoms with E-state index in [0.29, 0.717) is 12.3 Å². The molecular formula is C16H31N3O2. The highest BCUT2D eigenvalue weighted by atomic mass is 16.3. The fourth-order valence-electron chi connectivity index (χ4n) is 2.93. The van der Waals surface area contributed by atoms with Crippen molar-refractivity contribution in [1.29, 1.82) is 0 Å². The summed E-state index contributed by atoms with van der Waals surface area (Å²) in [7, 11) is 1.61. The highest BCUT2D eigenvalue weighted by molar-refractivity contribution is 6.06. The van der Waals surface area contributed by atoms with E-state index in [2.05, 4.69) is 18.8 Å². The Balaban J connectivity index is 0.000000491. The van der Waals surface area contributed by atoms with Crippen LogP contribution in [0.5, 0.6) is 0 Å². The summed E-state index contributed by atoms with van der Waals surface area (Å²) in [6.45, 7) is 4.12. The molecule has 1 fully saturated rings. The maximum atomic E-state index is 12.1. The molecule has 0 aromatic heterocycles. The van der Waals surface area contributed by atoms with E-state index in [1.54, 1.807) is 7.05 Å². The van der Waals surface area contributed by atoms with Gasteiger partial charge in [-0.1, -0.05) is 58.8 Å². The van der Waals surface area contributed by atoms with Crippen molar-refractivity contribution < 1.29 is 9.90 Å². The molecule has 0 bridgehead atoms. The maximum absolute atomic E-state index is 12.1. The van der Waals surface area contributed by atoms with Crippen LogP contribution in [0.2, 0.25) is 0 Å². The molecular weight excluding hydrogens is 266 g/mol. The molecule has 1 unspecified atom stereocenters. The van der Waals surface area contributed by atoms with Crippen LogP contribution in [0.15, 0.2) is 4.99 Å². The second-order valence-electron chi connectivity index (χ2n) is 6.23. The zero-order chi connectivity index (χ0) is 15.9. The number of hydrogen-bond donors (Lipinski definition) is 2. The third kappa shape index (κ3) is 4.43. The predicted molar refractivity (Wildman–Crippen MR) is 86.0 cm³/mol. The molecule has 2 rings (SSSR count). The van der Waals surface area contributed by atoms with Gasteiger partial charge in [0.2, 0.25) is 0 Å². The fraction of sp³-hybridized carbons (Fsp3) is 0.875. The third-order valence-electron chi connectivity index (χ3n) is 4.49. The van der Waals surface area contributed by atoms with Gasteiger partial charge in [-0.25, -0.2) is 4.99 Å². The number of rotatable bonds is 4. The monoisotopic (exact) mass is 297 g/mol. The molecule has 1 atom stereocenters. The van der Waals surface area contributed by atoms with E-state index in [4.69, 9.17) is 5.73 Å². The first kappa shape index (κ1) is 18.0. The minimum Gasteiger partial charge on any atom is -0.393 e. The highest BCUT2D eigenvalue weighted by Crippen LogP contribution is 2.35. The topological polar surface area (TPSA) is 78.9 Å². The molecule has 1 heterocycles. The number of carbonyl (C=O) groups excluding carboxylic acids is 1. The first-order valence-electron chi connectivity index (χ1n) is 8.25. The lowest BCUT2D eigenvalue weighted by molar-refractivity contribution is -0.132. The predicted octanol–water partition coefficient (Wildman–Crippen LogP) is 2.28. The Labute approximate surface area is 128 Å². The van der Waals surface area contributed by atoms with Gasteiger partial charge in [-0.15, -0.1) is 0 Å². The minimum atomic E-state index is -0.999. The van der Waals surface area contributed by atoms with Gasteiger partial charge in [0.05, 0.1) is 6.61 Å². The molecule has 1 saturated carbocycles. The normalized spacial score (nSPS) is 26.4. The zero-order valence-corrected chi connectivity index (χ0v) is 13.8. The summed E-state index contributed by atoms with van der Waals surface area (Å²) in [6.07, 6.45) is 9.25.